The van der Waals surface area contributed by atoms with Crippen molar-refractivity contribution in [2.75, 3.05) is 5.75 Å². The highest BCUT2D eigenvalue weighted by atomic mass is 32.2. The van der Waals surface area contributed by atoms with Gasteiger partial charge in [-0.2, -0.15) is 13.7 Å². The predicted molar refractivity (Wildman–Crippen MR) is 54.3 cm³/mol. The van der Waals surface area contributed by atoms with Gasteiger partial charge in [0.05, 0.1) is 17.9 Å². The molecule has 4 atom stereocenters. The molecule has 2 fully saturated rings. The molecule has 0 aromatic rings. The van der Waals surface area contributed by atoms with E-state index in [1.165, 1.54) is 0 Å². The van der Waals surface area contributed by atoms with E-state index in [0.717, 1.165) is 12.8 Å². The lowest BCUT2D eigenvalue weighted by Gasteiger charge is -2.17. The molecule has 0 spiro atoms. The Balaban J connectivity index is 2.02. The Morgan fingerprint density at radius 1 is 1.53 bits per heavy atom. The van der Waals surface area contributed by atoms with E-state index < -0.39 is 10.1 Å². The Bertz CT molecular complexity index is 384. The highest BCUT2D eigenvalue weighted by Gasteiger charge is 2.49. The smallest absolute Gasteiger partial charge is 0.266 e. The summed E-state index contributed by atoms with van der Waals surface area (Å²) in [6.07, 6.45) is 2.20. The highest BCUT2D eigenvalue weighted by Crippen LogP contribution is 2.45. The van der Waals surface area contributed by atoms with Gasteiger partial charge in [0.1, 0.15) is 0 Å². The highest BCUT2D eigenvalue weighted by molar-refractivity contribution is 7.86. The maximum absolute atomic E-state index is 11.2. The minimum Gasteiger partial charge on any atom is -0.266 e. The van der Waals surface area contributed by atoms with Crippen molar-refractivity contribution in [3.05, 3.63) is 0 Å². The number of hydrogen-bond acceptors (Lipinski definition) is 4. The Kier molecular flexibility index (Phi) is 2.73. The molecular weight excluding hydrogens is 214 g/mol. The number of rotatable bonds is 2. The minimum absolute atomic E-state index is 0.126. The average molecular weight is 229 g/mol. The third kappa shape index (κ3) is 2.01. The molecule has 2 aliphatic rings. The fourth-order valence-electron chi connectivity index (χ4n) is 2.87. The third-order valence-electron chi connectivity index (χ3n) is 3.63. The molecule has 1 saturated heterocycles. The molecule has 4 nitrogen and oxygen atoms in total. The summed E-state index contributed by atoms with van der Waals surface area (Å²) in [4.78, 5) is 0. The van der Waals surface area contributed by atoms with E-state index in [0.29, 0.717) is 12.3 Å². The van der Waals surface area contributed by atoms with E-state index >= 15 is 0 Å². The summed E-state index contributed by atoms with van der Waals surface area (Å²) >= 11 is 0. The van der Waals surface area contributed by atoms with Gasteiger partial charge < -0.3 is 0 Å². The van der Waals surface area contributed by atoms with Gasteiger partial charge >= 0.3 is 0 Å². The van der Waals surface area contributed by atoms with E-state index in [1.54, 1.807) is 0 Å². The number of nitrogens with zero attached hydrogens (tertiary/aromatic N) is 1. The predicted octanol–water partition coefficient (Wildman–Crippen LogP) is 1.29. The van der Waals surface area contributed by atoms with Gasteiger partial charge in [0.25, 0.3) is 10.1 Å². The Morgan fingerprint density at radius 2 is 2.27 bits per heavy atom. The monoisotopic (exact) mass is 229 g/mol. The zero-order valence-corrected chi connectivity index (χ0v) is 9.53. The number of nitriles is 1. The standard InChI is InChI=1S/C10H15NO3S/c1-7-8(3-2-4-11)5-9-6-15(12,13)14-10(7)9/h7-10H,2-3,5-6H2,1H3. The molecule has 1 saturated carbocycles. The molecule has 15 heavy (non-hydrogen) atoms. The summed E-state index contributed by atoms with van der Waals surface area (Å²) in [6.45, 7) is 2.04. The third-order valence-corrected chi connectivity index (χ3v) is 4.99. The van der Waals surface area contributed by atoms with E-state index in [2.05, 4.69) is 6.07 Å². The molecule has 0 aromatic heterocycles. The van der Waals surface area contributed by atoms with Crippen LogP contribution < -0.4 is 0 Å². The van der Waals surface area contributed by atoms with Crippen LogP contribution in [0.5, 0.6) is 0 Å². The lowest BCUT2D eigenvalue weighted by molar-refractivity contribution is 0.157. The van der Waals surface area contributed by atoms with Crippen molar-refractivity contribution in [1.29, 1.82) is 5.26 Å². The van der Waals surface area contributed by atoms with Crippen molar-refractivity contribution in [3.8, 4) is 6.07 Å². The second-order valence-electron chi connectivity index (χ2n) is 4.60. The van der Waals surface area contributed by atoms with Gasteiger partial charge in [-0.3, -0.25) is 4.18 Å². The molecule has 0 N–H and O–H groups in total. The molecule has 0 radical (unpaired) electrons. The fraction of sp³-hybridized carbons (Fsp3) is 0.900. The first-order chi connectivity index (χ1) is 7.03. The second kappa shape index (κ2) is 3.76. The molecule has 5 heteroatoms. The lowest BCUT2D eigenvalue weighted by Crippen LogP contribution is -2.19. The largest absolute Gasteiger partial charge is 0.267 e. The number of hydrogen-bond donors (Lipinski definition) is 0. The van der Waals surface area contributed by atoms with E-state index in [4.69, 9.17) is 9.44 Å². The average Bonchev–Trinajstić information content (AvgIpc) is 2.58. The zero-order valence-electron chi connectivity index (χ0n) is 8.72. The molecule has 1 heterocycles. The molecule has 1 aliphatic heterocycles. The van der Waals surface area contributed by atoms with Gasteiger partial charge in [0.2, 0.25) is 0 Å². The van der Waals surface area contributed by atoms with Crippen LogP contribution in [0.25, 0.3) is 0 Å². The van der Waals surface area contributed by atoms with Crippen LogP contribution in [0, 0.1) is 29.1 Å². The molecule has 4 unspecified atom stereocenters. The Hall–Kier alpha value is -0.600. The minimum atomic E-state index is -3.25. The zero-order chi connectivity index (χ0) is 11.1. The van der Waals surface area contributed by atoms with Crippen molar-refractivity contribution in [3.63, 3.8) is 0 Å². The molecule has 0 amide bonds. The topological polar surface area (TPSA) is 67.2 Å². The van der Waals surface area contributed by atoms with Crippen molar-refractivity contribution < 1.29 is 12.6 Å². The quantitative estimate of drug-likeness (QED) is 0.669. The molecule has 1 aliphatic carbocycles. The molecule has 0 aromatic carbocycles. The summed E-state index contributed by atoms with van der Waals surface area (Å²) in [5.41, 5.74) is 0. The van der Waals surface area contributed by atoms with Crippen LogP contribution in [0.1, 0.15) is 26.2 Å². The summed E-state index contributed by atoms with van der Waals surface area (Å²) in [7, 11) is -3.25. The summed E-state index contributed by atoms with van der Waals surface area (Å²) in [6, 6.07) is 2.14. The van der Waals surface area contributed by atoms with Crippen LogP contribution in [0.3, 0.4) is 0 Å². The second-order valence-corrected chi connectivity index (χ2v) is 6.24. The van der Waals surface area contributed by atoms with Crippen molar-refractivity contribution in [1.82, 2.24) is 0 Å². The maximum atomic E-state index is 11.2. The first kappa shape index (κ1) is 10.9. The van der Waals surface area contributed by atoms with Gasteiger partial charge in [0.15, 0.2) is 0 Å². The summed E-state index contributed by atoms with van der Waals surface area (Å²) in [5.74, 6) is 1.05. The van der Waals surface area contributed by atoms with Crippen molar-refractivity contribution in [2.24, 2.45) is 17.8 Å². The lowest BCUT2D eigenvalue weighted by atomic mass is 9.93. The molecule has 84 valence electrons. The fourth-order valence-corrected chi connectivity index (χ4v) is 4.47. The van der Waals surface area contributed by atoms with Crippen LogP contribution in [-0.2, 0) is 14.3 Å². The van der Waals surface area contributed by atoms with Gasteiger partial charge in [-0.25, -0.2) is 0 Å². The Labute approximate surface area is 90.4 Å². The van der Waals surface area contributed by atoms with Gasteiger partial charge in [-0.05, 0) is 24.7 Å². The first-order valence-corrected chi connectivity index (χ1v) is 6.89. The van der Waals surface area contributed by atoms with E-state index in [-0.39, 0.29) is 23.7 Å². The first-order valence-electron chi connectivity index (χ1n) is 5.31. The van der Waals surface area contributed by atoms with Crippen LogP contribution in [0.15, 0.2) is 0 Å². The number of fused-ring (bicyclic) bond motifs is 1. The van der Waals surface area contributed by atoms with Gasteiger partial charge in [-0.1, -0.05) is 6.92 Å². The van der Waals surface area contributed by atoms with Gasteiger partial charge in [-0.15, -0.1) is 0 Å². The van der Waals surface area contributed by atoms with E-state index in [1.807, 2.05) is 6.92 Å². The van der Waals surface area contributed by atoms with Crippen LogP contribution >= 0.6 is 0 Å². The van der Waals surface area contributed by atoms with Crippen LogP contribution in [-0.4, -0.2) is 20.3 Å². The Morgan fingerprint density at radius 3 is 2.87 bits per heavy atom. The maximum Gasteiger partial charge on any atom is 0.267 e. The molecule has 2 rings (SSSR count). The molecule has 0 bridgehead atoms. The van der Waals surface area contributed by atoms with Crippen LogP contribution in [0.4, 0.5) is 0 Å². The van der Waals surface area contributed by atoms with Crippen LogP contribution in [0.2, 0.25) is 0 Å². The van der Waals surface area contributed by atoms with Crippen molar-refractivity contribution in [2.45, 2.75) is 32.3 Å². The van der Waals surface area contributed by atoms with Gasteiger partial charge in [0, 0.05) is 12.3 Å². The SMILES string of the molecule is CC1C(CCC#N)CC2CS(=O)(=O)OC21. The normalized spacial score (nSPS) is 42.4. The van der Waals surface area contributed by atoms with Crippen molar-refractivity contribution >= 4 is 10.1 Å². The summed E-state index contributed by atoms with van der Waals surface area (Å²) in [5, 5.41) is 8.52. The van der Waals surface area contributed by atoms with E-state index in [9.17, 15) is 8.42 Å². The molecular formula is C10H15NO3S. The summed E-state index contributed by atoms with van der Waals surface area (Å²) < 4.78 is 27.6.